The lowest BCUT2D eigenvalue weighted by Gasteiger charge is -2.20. The van der Waals surface area contributed by atoms with Gasteiger partial charge in [0, 0.05) is 31.9 Å². The molecule has 23 heavy (non-hydrogen) atoms. The lowest BCUT2D eigenvalue weighted by molar-refractivity contribution is 0.114. The van der Waals surface area contributed by atoms with E-state index in [1.807, 2.05) is 0 Å². The normalized spacial score (nSPS) is 17.4. The summed E-state index contributed by atoms with van der Waals surface area (Å²) in [7, 11) is 0. The van der Waals surface area contributed by atoms with E-state index >= 15 is 0 Å². The summed E-state index contributed by atoms with van der Waals surface area (Å²) in [5.41, 5.74) is 5.11. The Morgan fingerprint density at radius 2 is 2.09 bits per heavy atom. The zero-order chi connectivity index (χ0) is 16.5. The van der Waals surface area contributed by atoms with Crippen molar-refractivity contribution in [2.24, 2.45) is 5.10 Å². The summed E-state index contributed by atoms with van der Waals surface area (Å²) in [6.45, 7) is 7.93. The number of nitrogens with one attached hydrogen (secondary N) is 2. The molecule has 1 heterocycles. The Bertz CT molecular complexity index is 508. The van der Waals surface area contributed by atoms with Crippen molar-refractivity contribution >= 4 is 29.2 Å². The van der Waals surface area contributed by atoms with Crippen LogP contribution in [0, 0.1) is 0 Å². The molecule has 1 atom stereocenters. The lowest BCUT2D eigenvalue weighted by Crippen LogP contribution is -2.37. The van der Waals surface area contributed by atoms with Crippen molar-refractivity contribution in [2.45, 2.75) is 32.8 Å². The maximum Gasteiger partial charge on any atom is 0.187 e. The molecule has 6 heteroatoms. The van der Waals surface area contributed by atoms with Crippen LogP contribution in [0.25, 0.3) is 0 Å². The van der Waals surface area contributed by atoms with Gasteiger partial charge < -0.3 is 15.0 Å². The van der Waals surface area contributed by atoms with Crippen LogP contribution in [-0.4, -0.2) is 43.7 Å². The molecule has 1 aliphatic rings. The number of hydrazone groups is 1. The molecule has 0 amide bonds. The number of thiocarbonyl (C=S) groups is 1. The molecule has 0 unspecified atom stereocenters. The molecule has 0 saturated carbocycles. The molecule has 1 aromatic carbocycles. The molecular formula is C17H26N4OS. The van der Waals surface area contributed by atoms with Gasteiger partial charge in [0.2, 0.25) is 0 Å². The Morgan fingerprint density at radius 1 is 1.35 bits per heavy atom. The Hall–Kier alpha value is -1.66. The molecule has 1 fully saturated rings. The molecule has 0 bridgehead atoms. The van der Waals surface area contributed by atoms with Crippen LogP contribution < -0.4 is 15.6 Å². The molecular weight excluding hydrogens is 308 g/mol. The molecule has 2 rings (SSSR count). The highest BCUT2D eigenvalue weighted by molar-refractivity contribution is 7.80. The third-order valence-electron chi connectivity index (χ3n) is 3.92. The molecule has 126 valence electrons. The van der Waals surface area contributed by atoms with Crippen molar-refractivity contribution in [1.29, 1.82) is 0 Å². The molecule has 1 saturated heterocycles. The second-order valence-electron chi connectivity index (χ2n) is 5.48. The highest BCUT2D eigenvalue weighted by Gasteiger charge is 2.14. The number of ether oxygens (including phenoxy) is 1. The second kappa shape index (κ2) is 9.47. The van der Waals surface area contributed by atoms with Crippen LogP contribution in [0.15, 0.2) is 29.4 Å². The van der Waals surface area contributed by atoms with E-state index in [0.29, 0.717) is 5.11 Å². The lowest BCUT2D eigenvalue weighted by atomic mass is 10.2. The van der Waals surface area contributed by atoms with E-state index in [9.17, 15) is 0 Å². The fourth-order valence-corrected chi connectivity index (χ4v) is 2.71. The van der Waals surface area contributed by atoms with Gasteiger partial charge in [0.1, 0.15) is 0 Å². The van der Waals surface area contributed by atoms with E-state index in [4.69, 9.17) is 17.0 Å². The van der Waals surface area contributed by atoms with Gasteiger partial charge in [0.25, 0.3) is 0 Å². The van der Waals surface area contributed by atoms with Crippen LogP contribution in [0.5, 0.6) is 0 Å². The summed E-state index contributed by atoms with van der Waals surface area (Å²) < 4.78 is 5.53. The van der Waals surface area contributed by atoms with Crippen molar-refractivity contribution in [2.75, 3.05) is 31.1 Å². The van der Waals surface area contributed by atoms with Gasteiger partial charge in [0.15, 0.2) is 5.11 Å². The van der Waals surface area contributed by atoms with Crippen LogP contribution in [0.4, 0.5) is 5.69 Å². The SMILES string of the molecule is CCN(CC)c1ccc(/C=N\NC(=S)NC[C@H]2CCCO2)cc1. The molecule has 0 radical (unpaired) electrons. The third kappa shape index (κ3) is 5.80. The van der Waals surface area contributed by atoms with Gasteiger partial charge in [-0.05, 0) is 56.6 Å². The summed E-state index contributed by atoms with van der Waals surface area (Å²) in [5, 5.41) is 7.82. The molecule has 0 aromatic heterocycles. The first-order valence-corrected chi connectivity index (χ1v) is 8.67. The van der Waals surface area contributed by atoms with Crippen LogP contribution in [0.1, 0.15) is 32.3 Å². The van der Waals surface area contributed by atoms with Crippen molar-refractivity contribution in [3.63, 3.8) is 0 Å². The number of hydrogen-bond acceptors (Lipinski definition) is 4. The van der Waals surface area contributed by atoms with Gasteiger partial charge in [-0.25, -0.2) is 0 Å². The Labute approximate surface area is 144 Å². The topological polar surface area (TPSA) is 48.9 Å². The molecule has 0 spiro atoms. The van der Waals surface area contributed by atoms with Crippen molar-refractivity contribution in [3.05, 3.63) is 29.8 Å². The van der Waals surface area contributed by atoms with Crippen molar-refractivity contribution in [3.8, 4) is 0 Å². The minimum atomic E-state index is 0.270. The fraction of sp³-hybridized carbons (Fsp3) is 0.529. The quantitative estimate of drug-likeness (QED) is 0.456. The van der Waals surface area contributed by atoms with Crippen molar-refractivity contribution in [1.82, 2.24) is 10.7 Å². The van der Waals surface area contributed by atoms with Gasteiger partial charge in [-0.1, -0.05) is 12.1 Å². The van der Waals surface area contributed by atoms with Gasteiger partial charge in [-0.2, -0.15) is 5.10 Å². The number of anilines is 1. The van der Waals surface area contributed by atoms with Crippen LogP contribution in [-0.2, 0) is 4.74 Å². The van der Waals surface area contributed by atoms with Crippen LogP contribution in [0.2, 0.25) is 0 Å². The van der Waals surface area contributed by atoms with Crippen molar-refractivity contribution < 1.29 is 4.74 Å². The zero-order valence-electron chi connectivity index (χ0n) is 13.9. The van der Waals surface area contributed by atoms with Gasteiger partial charge in [-0.3, -0.25) is 5.43 Å². The molecule has 1 aliphatic heterocycles. The summed E-state index contributed by atoms with van der Waals surface area (Å²) in [5.74, 6) is 0. The average Bonchev–Trinajstić information content (AvgIpc) is 3.09. The average molecular weight is 334 g/mol. The highest BCUT2D eigenvalue weighted by atomic mass is 32.1. The monoisotopic (exact) mass is 334 g/mol. The molecule has 1 aromatic rings. The van der Waals surface area contributed by atoms with Crippen LogP contribution in [0.3, 0.4) is 0 Å². The Morgan fingerprint density at radius 3 is 2.70 bits per heavy atom. The number of hydrogen-bond donors (Lipinski definition) is 2. The summed E-state index contributed by atoms with van der Waals surface area (Å²) >= 11 is 5.19. The first-order chi connectivity index (χ1) is 11.2. The summed E-state index contributed by atoms with van der Waals surface area (Å²) in [4.78, 5) is 2.31. The third-order valence-corrected chi connectivity index (χ3v) is 4.15. The Balaban J connectivity index is 1.75. The van der Waals surface area contributed by atoms with E-state index in [1.165, 1.54) is 5.69 Å². The maximum absolute atomic E-state index is 5.53. The first kappa shape index (κ1) is 17.7. The minimum Gasteiger partial charge on any atom is -0.376 e. The summed E-state index contributed by atoms with van der Waals surface area (Å²) in [6, 6.07) is 8.34. The zero-order valence-corrected chi connectivity index (χ0v) is 14.7. The molecule has 2 N–H and O–H groups in total. The second-order valence-corrected chi connectivity index (χ2v) is 5.89. The molecule has 0 aliphatic carbocycles. The fourth-order valence-electron chi connectivity index (χ4n) is 2.58. The minimum absolute atomic E-state index is 0.270. The maximum atomic E-state index is 5.53. The summed E-state index contributed by atoms with van der Waals surface area (Å²) in [6.07, 6.45) is 4.27. The van der Waals surface area contributed by atoms with Gasteiger partial charge in [0.05, 0.1) is 12.3 Å². The van der Waals surface area contributed by atoms with E-state index in [1.54, 1.807) is 6.21 Å². The molecule has 5 nitrogen and oxygen atoms in total. The number of benzene rings is 1. The highest BCUT2D eigenvalue weighted by Crippen LogP contribution is 2.14. The van der Waals surface area contributed by atoms with E-state index in [-0.39, 0.29) is 6.10 Å². The van der Waals surface area contributed by atoms with Crippen LogP contribution >= 0.6 is 12.2 Å². The predicted molar refractivity (Wildman–Crippen MR) is 100 cm³/mol. The standard InChI is InChI=1S/C17H26N4OS/c1-3-21(4-2)15-9-7-14(8-10-15)12-19-20-17(23)18-13-16-6-5-11-22-16/h7-10,12,16H,3-6,11,13H2,1-2H3,(H2,18,20,23)/b19-12-/t16-/m1/s1. The Kier molecular flexibility index (Phi) is 7.29. The van der Waals surface area contributed by atoms with E-state index in [0.717, 1.165) is 44.6 Å². The van der Waals surface area contributed by atoms with E-state index < -0.39 is 0 Å². The number of nitrogens with zero attached hydrogens (tertiary/aromatic N) is 2. The van der Waals surface area contributed by atoms with E-state index in [2.05, 4.69) is 58.9 Å². The number of rotatable bonds is 7. The van der Waals surface area contributed by atoms with Gasteiger partial charge in [-0.15, -0.1) is 0 Å². The largest absolute Gasteiger partial charge is 0.376 e. The predicted octanol–water partition coefficient (Wildman–Crippen LogP) is 2.51. The first-order valence-electron chi connectivity index (χ1n) is 8.26. The van der Waals surface area contributed by atoms with Gasteiger partial charge >= 0.3 is 0 Å². The smallest absolute Gasteiger partial charge is 0.187 e.